The average molecular weight is 349 g/mol. The van der Waals surface area contributed by atoms with Gasteiger partial charge in [-0.25, -0.2) is 8.78 Å². The summed E-state index contributed by atoms with van der Waals surface area (Å²) in [5.74, 6) is -3.80. The van der Waals surface area contributed by atoms with Crippen molar-refractivity contribution in [1.82, 2.24) is 4.90 Å². The number of nitrogens with zero attached hydrogens (tertiary/aromatic N) is 1. The molecule has 1 heterocycles. The van der Waals surface area contributed by atoms with Crippen LogP contribution in [0.25, 0.3) is 0 Å². The predicted molar refractivity (Wildman–Crippen MR) is 78.3 cm³/mol. The average Bonchev–Trinajstić information content (AvgIpc) is 2.71. The topological polar surface area (TPSA) is 38.8 Å². The highest BCUT2D eigenvalue weighted by Crippen LogP contribution is 2.25. The first-order valence-electron chi connectivity index (χ1n) is 7.55. The maximum absolute atomic E-state index is 12.7. The fraction of sp³-hybridized carbons (Fsp3) is 0.562. The molecular weight excluding hydrogens is 330 g/mol. The highest BCUT2D eigenvalue weighted by atomic mass is 19.3. The van der Waals surface area contributed by atoms with Gasteiger partial charge < -0.3 is 14.4 Å². The molecule has 0 unspecified atom stereocenters. The first-order valence-corrected chi connectivity index (χ1v) is 7.55. The lowest BCUT2D eigenvalue weighted by atomic mass is 10.1. The van der Waals surface area contributed by atoms with Gasteiger partial charge in [0.1, 0.15) is 19.0 Å². The van der Waals surface area contributed by atoms with Gasteiger partial charge in [0.15, 0.2) is 0 Å². The predicted octanol–water partition coefficient (Wildman–Crippen LogP) is 3.10. The molecule has 0 saturated heterocycles. The second-order valence-electron chi connectivity index (χ2n) is 5.65. The smallest absolute Gasteiger partial charge is 0.330 e. The van der Waals surface area contributed by atoms with Crippen LogP contribution in [0.15, 0.2) is 24.3 Å². The van der Waals surface area contributed by atoms with Crippen LogP contribution in [0.2, 0.25) is 0 Å². The fourth-order valence-corrected chi connectivity index (χ4v) is 2.32. The largest absolute Gasteiger partial charge is 0.491 e. The van der Waals surface area contributed by atoms with E-state index in [1.54, 1.807) is 4.90 Å². The molecular formula is C16H19F4NO3. The Morgan fingerprint density at radius 3 is 2.83 bits per heavy atom. The molecule has 0 aromatic heterocycles. The van der Waals surface area contributed by atoms with Crippen LogP contribution in [0.4, 0.5) is 17.6 Å². The van der Waals surface area contributed by atoms with Crippen LogP contribution in [0.1, 0.15) is 18.9 Å². The molecule has 1 aromatic carbocycles. The fourth-order valence-electron chi connectivity index (χ4n) is 2.32. The van der Waals surface area contributed by atoms with E-state index in [4.69, 9.17) is 4.74 Å². The third-order valence-corrected chi connectivity index (χ3v) is 3.72. The van der Waals surface area contributed by atoms with Crippen molar-refractivity contribution < 1.29 is 31.8 Å². The number of halogens is 4. The Morgan fingerprint density at radius 2 is 2.12 bits per heavy atom. The normalized spacial score (nSPS) is 18.1. The van der Waals surface area contributed by atoms with Crippen LogP contribution in [-0.2, 0) is 16.1 Å². The summed E-state index contributed by atoms with van der Waals surface area (Å²) in [5, 5.41) is 0. The molecule has 0 spiro atoms. The van der Waals surface area contributed by atoms with Gasteiger partial charge in [-0.1, -0.05) is 18.2 Å². The molecule has 134 valence electrons. The SMILES string of the molecule is C[C@H]1COc2ccccc2CN1C(=O)CCOCC(F)(F)C(F)F. The molecule has 0 N–H and O–H groups in total. The van der Waals surface area contributed by atoms with E-state index < -0.39 is 19.0 Å². The standard InChI is InChI=1S/C16H19F4NO3/c1-11-9-24-13-5-3-2-4-12(13)8-21(11)14(22)6-7-23-10-16(19,20)15(17)18/h2-5,11,15H,6-10H2,1H3/t11-/m0/s1. The van der Waals surface area contributed by atoms with E-state index in [9.17, 15) is 22.4 Å². The van der Waals surface area contributed by atoms with Gasteiger partial charge in [0, 0.05) is 12.1 Å². The number of rotatable bonds is 6. The molecule has 1 aliphatic rings. The maximum Gasteiger partial charge on any atom is 0.330 e. The quantitative estimate of drug-likeness (QED) is 0.585. The van der Waals surface area contributed by atoms with Gasteiger partial charge in [-0.15, -0.1) is 0 Å². The van der Waals surface area contributed by atoms with Crippen molar-refractivity contribution in [1.29, 1.82) is 0 Å². The molecule has 1 aromatic rings. The lowest BCUT2D eigenvalue weighted by Gasteiger charge is -2.26. The number of benzene rings is 1. The Kier molecular flexibility index (Phi) is 6.04. The first kappa shape index (κ1) is 18.5. The summed E-state index contributed by atoms with van der Waals surface area (Å²) < 4.78 is 59.6. The third-order valence-electron chi connectivity index (χ3n) is 3.72. The molecule has 0 bridgehead atoms. The summed E-state index contributed by atoms with van der Waals surface area (Å²) in [6.07, 6.45) is -3.95. The molecule has 0 fully saturated rings. The van der Waals surface area contributed by atoms with E-state index >= 15 is 0 Å². The molecule has 0 saturated carbocycles. The van der Waals surface area contributed by atoms with Gasteiger partial charge in [0.2, 0.25) is 5.91 Å². The number of amides is 1. The van der Waals surface area contributed by atoms with Crippen molar-refractivity contribution in [3.8, 4) is 5.75 Å². The van der Waals surface area contributed by atoms with Crippen molar-refractivity contribution in [2.75, 3.05) is 19.8 Å². The first-order chi connectivity index (χ1) is 11.3. The van der Waals surface area contributed by atoms with Gasteiger partial charge in [-0.3, -0.25) is 4.79 Å². The van der Waals surface area contributed by atoms with Crippen molar-refractivity contribution in [3.05, 3.63) is 29.8 Å². The van der Waals surface area contributed by atoms with Crippen LogP contribution in [0.5, 0.6) is 5.75 Å². The van der Waals surface area contributed by atoms with E-state index in [-0.39, 0.29) is 25.0 Å². The Balaban J connectivity index is 1.87. The molecule has 2 rings (SSSR count). The Morgan fingerprint density at radius 1 is 1.42 bits per heavy atom. The molecule has 0 aliphatic carbocycles. The van der Waals surface area contributed by atoms with Gasteiger partial charge in [-0.2, -0.15) is 8.78 Å². The summed E-state index contributed by atoms with van der Waals surface area (Å²) in [4.78, 5) is 13.9. The zero-order chi connectivity index (χ0) is 17.7. The number of fused-ring (bicyclic) bond motifs is 1. The second-order valence-corrected chi connectivity index (χ2v) is 5.65. The molecule has 1 atom stereocenters. The van der Waals surface area contributed by atoms with Crippen LogP contribution in [0, 0.1) is 0 Å². The van der Waals surface area contributed by atoms with Crippen LogP contribution < -0.4 is 4.74 Å². The van der Waals surface area contributed by atoms with Crippen molar-refractivity contribution in [2.45, 2.75) is 38.3 Å². The Bertz CT molecular complexity index is 568. The van der Waals surface area contributed by atoms with Gasteiger partial charge in [0.05, 0.1) is 19.1 Å². The van der Waals surface area contributed by atoms with Gasteiger partial charge in [0.25, 0.3) is 0 Å². The number of hydrogen-bond acceptors (Lipinski definition) is 3. The maximum atomic E-state index is 12.7. The number of alkyl halides is 4. The Hall–Kier alpha value is -1.83. The highest BCUT2D eigenvalue weighted by molar-refractivity contribution is 5.76. The summed E-state index contributed by atoms with van der Waals surface area (Å²) in [7, 11) is 0. The third kappa shape index (κ3) is 4.59. The Labute approximate surface area is 137 Å². The highest BCUT2D eigenvalue weighted by Gasteiger charge is 2.41. The zero-order valence-electron chi connectivity index (χ0n) is 13.2. The van der Waals surface area contributed by atoms with E-state index in [1.807, 2.05) is 31.2 Å². The van der Waals surface area contributed by atoms with Crippen LogP contribution >= 0.6 is 0 Å². The van der Waals surface area contributed by atoms with E-state index in [2.05, 4.69) is 4.74 Å². The van der Waals surface area contributed by atoms with Gasteiger partial charge >= 0.3 is 12.3 Å². The molecule has 1 amide bonds. The minimum absolute atomic E-state index is 0.161. The number of hydrogen-bond donors (Lipinski definition) is 0. The zero-order valence-corrected chi connectivity index (χ0v) is 13.2. The van der Waals surface area contributed by atoms with Crippen molar-refractivity contribution >= 4 is 5.91 Å². The summed E-state index contributed by atoms with van der Waals surface area (Å²) in [5.41, 5.74) is 0.848. The van der Waals surface area contributed by atoms with E-state index in [0.717, 1.165) is 5.56 Å². The molecule has 24 heavy (non-hydrogen) atoms. The lowest BCUT2D eigenvalue weighted by molar-refractivity contribution is -0.167. The van der Waals surface area contributed by atoms with Crippen LogP contribution in [0.3, 0.4) is 0 Å². The van der Waals surface area contributed by atoms with Gasteiger partial charge in [-0.05, 0) is 13.0 Å². The number of carbonyl (C=O) groups is 1. The molecule has 4 nitrogen and oxygen atoms in total. The number of para-hydroxylation sites is 1. The van der Waals surface area contributed by atoms with Crippen molar-refractivity contribution in [3.63, 3.8) is 0 Å². The van der Waals surface area contributed by atoms with Crippen molar-refractivity contribution in [2.24, 2.45) is 0 Å². The lowest BCUT2D eigenvalue weighted by Crippen LogP contribution is -2.40. The molecule has 8 heteroatoms. The minimum Gasteiger partial charge on any atom is -0.491 e. The monoisotopic (exact) mass is 349 g/mol. The number of ether oxygens (including phenoxy) is 2. The van der Waals surface area contributed by atoms with E-state index in [1.165, 1.54) is 0 Å². The minimum atomic E-state index is -4.20. The molecule has 0 radical (unpaired) electrons. The summed E-state index contributed by atoms with van der Waals surface area (Å²) in [6.45, 7) is 0.721. The molecule has 1 aliphatic heterocycles. The second kappa shape index (κ2) is 7.83. The van der Waals surface area contributed by atoms with Crippen LogP contribution in [-0.4, -0.2) is 49.0 Å². The summed E-state index contributed by atoms with van der Waals surface area (Å²) in [6, 6.07) is 7.11. The summed E-state index contributed by atoms with van der Waals surface area (Å²) >= 11 is 0. The van der Waals surface area contributed by atoms with E-state index in [0.29, 0.717) is 18.9 Å². The number of carbonyl (C=O) groups excluding carboxylic acids is 1.